The second kappa shape index (κ2) is 11.0. The molecule has 1 aromatic heterocycles. The fraction of sp³-hybridized carbons (Fsp3) is 0.353. The lowest BCUT2D eigenvalue weighted by atomic mass is 10.2. The van der Waals surface area contributed by atoms with Gasteiger partial charge in [-0.15, -0.1) is 0 Å². The van der Waals surface area contributed by atoms with Gasteiger partial charge < -0.3 is 15.5 Å². The predicted octanol–water partition coefficient (Wildman–Crippen LogP) is 2.80. The molecular weight excluding hydrogens is 290 g/mol. The highest BCUT2D eigenvalue weighted by atomic mass is 16.1. The van der Waals surface area contributed by atoms with E-state index in [0.717, 1.165) is 35.7 Å². The van der Waals surface area contributed by atoms with Gasteiger partial charge in [0.15, 0.2) is 0 Å². The number of hydrogen-bond acceptors (Lipinski definition) is 3. The third-order valence-corrected chi connectivity index (χ3v) is 3.05. The number of hydrogen-bond donors (Lipinski definition) is 3. The number of guanidine groups is 1. The van der Waals surface area contributed by atoms with Crippen molar-refractivity contribution in [3.8, 4) is 0 Å². The molecule has 0 fully saturated rings. The van der Waals surface area contributed by atoms with E-state index in [1.807, 2.05) is 24.4 Å². The average molecular weight is 315 g/mol. The fourth-order valence-electron chi connectivity index (χ4n) is 1.97. The van der Waals surface area contributed by atoms with E-state index in [-0.39, 0.29) is 0 Å². The number of para-hydroxylation sites is 1. The van der Waals surface area contributed by atoms with E-state index >= 15 is 0 Å². The highest BCUT2D eigenvalue weighted by Crippen LogP contribution is 2.15. The van der Waals surface area contributed by atoms with Gasteiger partial charge in [0.1, 0.15) is 6.29 Å². The van der Waals surface area contributed by atoms with E-state index in [0.29, 0.717) is 5.96 Å². The summed E-state index contributed by atoms with van der Waals surface area (Å²) in [5, 5.41) is 5.25. The number of carbonyl (C=O) groups excluding carboxylic acids is 1. The molecule has 2 aromatic rings. The van der Waals surface area contributed by atoms with Gasteiger partial charge in [-0.25, -0.2) is 5.43 Å². The Bertz CT molecular complexity index is 645. The van der Waals surface area contributed by atoms with Gasteiger partial charge in [0.05, 0.1) is 6.21 Å². The number of aromatic nitrogens is 1. The van der Waals surface area contributed by atoms with Crippen molar-refractivity contribution in [3.05, 3.63) is 36.0 Å². The molecule has 0 spiro atoms. The first kappa shape index (κ1) is 18.4. The molecule has 23 heavy (non-hydrogen) atoms. The minimum atomic E-state index is 0.359. The molecule has 0 unspecified atom stereocenters. The second-order valence-electron chi connectivity index (χ2n) is 4.87. The first-order valence-corrected chi connectivity index (χ1v) is 7.77. The van der Waals surface area contributed by atoms with Crippen LogP contribution in [0.4, 0.5) is 0 Å². The van der Waals surface area contributed by atoms with Crippen molar-refractivity contribution in [2.45, 2.75) is 33.1 Å². The molecule has 0 saturated carbocycles. The van der Waals surface area contributed by atoms with Crippen molar-refractivity contribution < 1.29 is 4.79 Å². The Balaban J connectivity index is 0.000000816. The minimum absolute atomic E-state index is 0.359. The number of fused-ring (bicyclic) bond motifs is 1. The fourth-order valence-corrected chi connectivity index (χ4v) is 1.97. The summed E-state index contributed by atoms with van der Waals surface area (Å²) in [6, 6.07) is 8.09. The van der Waals surface area contributed by atoms with Gasteiger partial charge in [0.2, 0.25) is 5.96 Å². The molecule has 1 aromatic carbocycles. The lowest BCUT2D eigenvalue weighted by molar-refractivity contribution is -0.106. The zero-order chi connectivity index (χ0) is 16.9. The maximum absolute atomic E-state index is 8.81. The van der Waals surface area contributed by atoms with Crippen LogP contribution >= 0.6 is 0 Å². The third-order valence-electron chi connectivity index (χ3n) is 3.05. The summed E-state index contributed by atoms with van der Waals surface area (Å²) in [7, 11) is 0. The van der Waals surface area contributed by atoms with Crippen LogP contribution in [-0.4, -0.2) is 30.0 Å². The molecule has 0 saturated heterocycles. The van der Waals surface area contributed by atoms with Crippen LogP contribution in [0.2, 0.25) is 0 Å². The first-order valence-electron chi connectivity index (χ1n) is 7.77. The number of aldehydes is 1. The van der Waals surface area contributed by atoms with E-state index in [1.54, 1.807) is 6.21 Å². The number of nitrogens with two attached hydrogens (primary N) is 1. The number of nitrogens with one attached hydrogen (secondary N) is 2. The van der Waals surface area contributed by atoms with E-state index < -0.39 is 0 Å². The molecule has 0 amide bonds. The standard InChI is InChI=1S/C15H21N5.C2H4O/c1-2-3-6-9-17-15(16)20-19-11-12-10-18-14-8-5-4-7-13(12)14;1-2-3/h4-5,7-8,10-11,18H,2-3,6,9H2,1H3,(H3,16,17,20);2H,1H3/b19-11+;. The monoisotopic (exact) mass is 315 g/mol. The molecule has 1 heterocycles. The summed E-state index contributed by atoms with van der Waals surface area (Å²) in [6.07, 6.45) is 7.83. The summed E-state index contributed by atoms with van der Waals surface area (Å²) < 4.78 is 0. The zero-order valence-electron chi connectivity index (χ0n) is 13.7. The number of benzene rings is 1. The number of nitrogens with zero attached hydrogens (tertiary/aromatic N) is 2. The van der Waals surface area contributed by atoms with Crippen molar-refractivity contribution in [2.75, 3.05) is 6.54 Å². The highest BCUT2D eigenvalue weighted by molar-refractivity contribution is 5.99. The van der Waals surface area contributed by atoms with Gasteiger partial charge in [-0.3, -0.25) is 4.99 Å². The molecule has 6 heteroatoms. The SMILES string of the molecule is CC=O.CCCCCN=C(N)N/N=C/c1c[nH]c2ccccc12. The van der Waals surface area contributed by atoms with Crippen molar-refractivity contribution in [1.82, 2.24) is 10.4 Å². The Morgan fingerprint density at radius 3 is 2.83 bits per heavy atom. The van der Waals surface area contributed by atoms with Gasteiger partial charge >= 0.3 is 0 Å². The molecule has 0 aliphatic heterocycles. The molecule has 2 rings (SSSR count). The van der Waals surface area contributed by atoms with Crippen LogP contribution in [0.25, 0.3) is 10.9 Å². The molecule has 4 N–H and O–H groups in total. The largest absolute Gasteiger partial charge is 0.369 e. The van der Waals surface area contributed by atoms with Crippen LogP contribution in [0.5, 0.6) is 0 Å². The number of aliphatic imine (C=N–C) groups is 1. The van der Waals surface area contributed by atoms with Crippen molar-refractivity contribution in [3.63, 3.8) is 0 Å². The van der Waals surface area contributed by atoms with Crippen LogP contribution in [0, 0.1) is 0 Å². The summed E-state index contributed by atoms with van der Waals surface area (Å²) in [6.45, 7) is 4.35. The van der Waals surface area contributed by atoms with Gasteiger partial charge in [-0.2, -0.15) is 5.10 Å². The summed E-state index contributed by atoms with van der Waals surface area (Å²) >= 11 is 0. The number of rotatable bonds is 6. The Morgan fingerprint density at radius 1 is 1.35 bits per heavy atom. The van der Waals surface area contributed by atoms with Crippen LogP contribution in [0.3, 0.4) is 0 Å². The first-order chi connectivity index (χ1) is 11.2. The van der Waals surface area contributed by atoms with Gasteiger partial charge in [-0.05, 0) is 19.4 Å². The number of carbonyl (C=O) groups is 1. The van der Waals surface area contributed by atoms with Crippen LogP contribution in [-0.2, 0) is 4.79 Å². The van der Waals surface area contributed by atoms with E-state index in [2.05, 4.69) is 33.5 Å². The minimum Gasteiger partial charge on any atom is -0.369 e. The number of hydrazone groups is 1. The molecular formula is C17H25N5O. The molecule has 0 aliphatic rings. The molecule has 0 aliphatic carbocycles. The lowest BCUT2D eigenvalue weighted by Gasteiger charge is -1.99. The van der Waals surface area contributed by atoms with Crippen molar-refractivity contribution in [1.29, 1.82) is 0 Å². The summed E-state index contributed by atoms with van der Waals surface area (Å²) in [5.74, 6) is 0.359. The summed E-state index contributed by atoms with van der Waals surface area (Å²) in [4.78, 5) is 16.2. The number of H-pyrrole nitrogens is 1. The molecule has 0 radical (unpaired) electrons. The average Bonchev–Trinajstić information content (AvgIpc) is 2.96. The normalized spacial score (nSPS) is 11.3. The van der Waals surface area contributed by atoms with E-state index in [9.17, 15) is 0 Å². The third kappa shape index (κ3) is 6.78. The molecule has 6 nitrogen and oxygen atoms in total. The Labute approximate surface area is 136 Å². The van der Waals surface area contributed by atoms with E-state index in [1.165, 1.54) is 19.8 Å². The number of aromatic amines is 1. The lowest BCUT2D eigenvalue weighted by Crippen LogP contribution is -2.27. The zero-order valence-corrected chi connectivity index (χ0v) is 13.7. The Hall–Kier alpha value is -2.63. The van der Waals surface area contributed by atoms with Crippen molar-refractivity contribution >= 4 is 29.4 Å². The number of unbranched alkanes of at least 4 members (excludes halogenated alkanes) is 2. The Kier molecular flexibility index (Phi) is 8.81. The highest BCUT2D eigenvalue weighted by Gasteiger charge is 1.99. The smallest absolute Gasteiger partial charge is 0.209 e. The quantitative estimate of drug-likeness (QED) is 0.251. The van der Waals surface area contributed by atoms with Crippen LogP contribution < -0.4 is 11.2 Å². The second-order valence-corrected chi connectivity index (χ2v) is 4.87. The molecule has 124 valence electrons. The predicted molar refractivity (Wildman–Crippen MR) is 96.8 cm³/mol. The molecule has 0 bridgehead atoms. The maximum Gasteiger partial charge on any atom is 0.209 e. The van der Waals surface area contributed by atoms with Gasteiger partial charge in [0.25, 0.3) is 0 Å². The maximum atomic E-state index is 8.81. The molecule has 0 atom stereocenters. The van der Waals surface area contributed by atoms with Crippen molar-refractivity contribution in [2.24, 2.45) is 15.8 Å². The van der Waals surface area contributed by atoms with Crippen LogP contribution in [0.1, 0.15) is 38.7 Å². The summed E-state index contributed by atoms with van der Waals surface area (Å²) in [5.41, 5.74) is 10.6. The topological polar surface area (TPSA) is 95.6 Å². The van der Waals surface area contributed by atoms with Crippen LogP contribution in [0.15, 0.2) is 40.6 Å². The Morgan fingerprint density at radius 2 is 2.09 bits per heavy atom. The van der Waals surface area contributed by atoms with Gasteiger partial charge in [0, 0.05) is 29.2 Å². The van der Waals surface area contributed by atoms with E-state index in [4.69, 9.17) is 10.5 Å². The van der Waals surface area contributed by atoms with Gasteiger partial charge in [-0.1, -0.05) is 38.0 Å².